The van der Waals surface area contributed by atoms with E-state index in [1.807, 2.05) is 45.0 Å². The van der Waals surface area contributed by atoms with Crippen molar-refractivity contribution in [3.05, 3.63) is 29.8 Å². The number of ether oxygens (including phenoxy) is 2. The fraction of sp³-hybridized carbons (Fsp3) is 0.588. The number of amides is 1. The molecule has 0 unspecified atom stereocenters. The third-order valence-corrected chi connectivity index (χ3v) is 3.10. The number of nitrogens with one attached hydrogen (secondary N) is 1. The Kier molecular flexibility index (Phi) is 11.7. The van der Waals surface area contributed by atoms with Gasteiger partial charge in [0.25, 0.3) is 0 Å². The number of benzene rings is 1. The molecule has 3 N–H and O–H groups in total. The van der Waals surface area contributed by atoms with E-state index in [2.05, 4.69) is 5.32 Å². The summed E-state index contributed by atoms with van der Waals surface area (Å²) in [4.78, 5) is 12.0. The molecule has 6 heteroatoms. The minimum absolute atomic E-state index is 0. The molecule has 0 aliphatic rings. The van der Waals surface area contributed by atoms with Crippen molar-refractivity contribution in [1.29, 1.82) is 0 Å². The van der Waals surface area contributed by atoms with E-state index in [1.165, 1.54) is 0 Å². The number of halogens is 1. The maximum Gasteiger partial charge on any atom is 0.241 e. The molecule has 0 aromatic heterocycles. The molecule has 0 aliphatic carbocycles. The summed E-state index contributed by atoms with van der Waals surface area (Å²) in [7, 11) is 0. The zero-order valence-corrected chi connectivity index (χ0v) is 15.0. The number of carbonyl (C=O) groups excluding carboxylic acids is 1. The van der Waals surface area contributed by atoms with Crippen molar-refractivity contribution in [2.45, 2.75) is 39.8 Å². The van der Waals surface area contributed by atoms with Gasteiger partial charge in [0, 0.05) is 12.3 Å². The van der Waals surface area contributed by atoms with Crippen LogP contribution in [0.4, 0.5) is 5.69 Å². The lowest BCUT2D eigenvalue weighted by atomic mass is 10.0. The summed E-state index contributed by atoms with van der Waals surface area (Å²) >= 11 is 0. The topological polar surface area (TPSA) is 73.6 Å². The number of anilines is 1. The van der Waals surface area contributed by atoms with Crippen molar-refractivity contribution in [3.8, 4) is 0 Å². The SMILES string of the molecule is CCOCCOCc1cccc(NC(=O)[C@@H](N)CC(C)C)c1.Cl. The predicted molar refractivity (Wildman–Crippen MR) is 95.9 cm³/mol. The molecule has 0 fully saturated rings. The Bertz CT molecular complexity index is 455. The van der Waals surface area contributed by atoms with Crippen molar-refractivity contribution in [3.63, 3.8) is 0 Å². The first-order chi connectivity index (χ1) is 10.5. The normalized spacial score (nSPS) is 11.9. The van der Waals surface area contributed by atoms with Crippen LogP contribution in [0.2, 0.25) is 0 Å². The first-order valence-electron chi connectivity index (χ1n) is 7.83. The number of hydrogen-bond donors (Lipinski definition) is 2. The first kappa shape index (κ1) is 21.9. The highest BCUT2D eigenvalue weighted by molar-refractivity contribution is 5.94. The van der Waals surface area contributed by atoms with Crippen molar-refractivity contribution < 1.29 is 14.3 Å². The Morgan fingerprint density at radius 2 is 1.96 bits per heavy atom. The summed E-state index contributed by atoms with van der Waals surface area (Å²) in [5.74, 6) is 0.244. The molecule has 0 saturated carbocycles. The summed E-state index contributed by atoms with van der Waals surface area (Å²) in [6, 6.07) is 7.13. The highest BCUT2D eigenvalue weighted by Crippen LogP contribution is 2.13. The van der Waals surface area contributed by atoms with Crippen LogP contribution in [-0.4, -0.2) is 31.8 Å². The first-order valence-corrected chi connectivity index (χ1v) is 7.83. The average Bonchev–Trinajstić information content (AvgIpc) is 2.46. The molecule has 0 spiro atoms. The van der Waals surface area contributed by atoms with Crippen molar-refractivity contribution in [1.82, 2.24) is 0 Å². The molecular weight excluding hydrogens is 316 g/mol. The Morgan fingerprint density at radius 1 is 1.26 bits per heavy atom. The van der Waals surface area contributed by atoms with Crippen LogP contribution in [0.5, 0.6) is 0 Å². The molecule has 132 valence electrons. The summed E-state index contributed by atoms with van der Waals surface area (Å²) in [6.45, 7) is 8.40. The van der Waals surface area contributed by atoms with E-state index in [9.17, 15) is 4.79 Å². The van der Waals surface area contributed by atoms with E-state index in [0.29, 0.717) is 38.8 Å². The van der Waals surface area contributed by atoms with Crippen LogP contribution in [0.3, 0.4) is 0 Å². The maximum absolute atomic E-state index is 12.0. The molecule has 1 aromatic carbocycles. The van der Waals surface area contributed by atoms with E-state index in [0.717, 1.165) is 11.3 Å². The van der Waals surface area contributed by atoms with E-state index in [-0.39, 0.29) is 18.3 Å². The van der Waals surface area contributed by atoms with Crippen LogP contribution in [0.15, 0.2) is 24.3 Å². The van der Waals surface area contributed by atoms with Gasteiger partial charge in [0.1, 0.15) is 0 Å². The lowest BCUT2D eigenvalue weighted by Crippen LogP contribution is -2.36. The second kappa shape index (κ2) is 12.3. The van der Waals surface area contributed by atoms with Crippen LogP contribution >= 0.6 is 12.4 Å². The molecule has 1 rings (SSSR count). The highest BCUT2D eigenvalue weighted by Gasteiger charge is 2.15. The second-order valence-corrected chi connectivity index (χ2v) is 5.68. The molecule has 23 heavy (non-hydrogen) atoms. The quantitative estimate of drug-likeness (QED) is 0.640. The summed E-state index contributed by atoms with van der Waals surface area (Å²) in [6.07, 6.45) is 0.673. The van der Waals surface area contributed by atoms with E-state index >= 15 is 0 Å². The van der Waals surface area contributed by atoms with E-state index < -0.39 is 6.04 Å². The third-order valence-electron chi connectivity index (χ3n) is 3.10. The zero-order chi connectivity index (χ0) is 16.4. The largest absolute Gasteiger partial charge is 0.379 e. The fourth-order valence-electron chi connectivity index (χ4n) is 2.04. The smallest absolute Gasteiger partial charge is 0.241 e. The summed E-state index contributed by atoms with van der Waals surface area (Å²) in [5.41, 5.74) is 7.63. The molecule has 1 aromatic rings. The minimum Gasteiger partial charge on any atom is -0.379 e. The average molecular weight is 345 g/mol. The standard InChI is InChI=1S/C17H28N2O3.ClH/c1-4-21-8-9-22-12-14-6-5-7-15(11-14)19-17(20)16(18)10-13(2)3;/h5-7,11,13,16H,4,8-10,12,18H2,1-3H3,(H,19,20);1H/t16-;/m0./s1. The van der Waals surface area contributed by atoms with Crippen molar-refractivity contribution in [2.24, 2.45) is 11.7 Å². The second-order valence-electron chi connectivity index (χ2n) is 5.68. The lowest BCUT2D eigenvalue weighted by Gasteiger charge is -2.14. The molecule has 5 nitrogen and oxygen atoms in total. The summed E-state index contributed by atoms with van der Waals surface area (Å²) in [5, 5.41) is 2.85. The van der Waals surface area contributed by atoms with Gasteiger partial charge < -0.3 is 20.5 Å². The van der Waals surface area contributed by atoms with Gasteiger partial charge >= 0.3 is 0 Å². The van der Waals surface area contributed by atoms with Crippen LogP contribution in [-0.2, 0) is 20.9 Å². The molecule has 0 heterocycles. The van der Waals surface area contributed by atoms with Gasteiger partial charge in [-0.1, -0.05) is 26.0 Å². The van der Waals surface area contributed by atoms with E-state index in [4.69, 9.17) is 15.2 Å². The number of nitrogens with two attached hydrogens (primary N) is 1. The number of carbonyl (C=O) groups is 1. The van der Waals surface area contributed by atoms with Gasteiger partial charge in [0.05, 0.1) is 25.9 Å². The Morgan fingerprint density at radius 3 is 2.61 bits per heavy atom. The number of hydrogen-bond acceptors (Lipinski definition) is 4. The Labute approximate surface area is 145 Å². The predicted octanol–water partition coefficient (Wildman–Crippen LogP) is 2.97. The third kappa shape index (κ3) is 9.56. The van der Waals surface area contributed by atoms with Gasteiger partial charge in [-0.25, -0.2) is 0 Å². The minimum atomic E-state index is -0.480. The van der Waals surface area contributed by atoms with Gasteiger partial charge in [0.2, 0.25) is 5.91 Å². The van der Waals surface area contributed by atoms with Gasteiger partial charge in [-0.15, -0.1) is 12.4 Å². The molecule has 1 amide bonds. The zero-order valence-electron chi connectivity index (χ0n) is 14.2. The van der Waals surface area contributed by atoms with Crippen LogP contribution < -0.4 is 11.1 Å². The van der Waals surface area contributed by atoms with Gasteiger partial charge in [-0.05, 0) is 37.0 Å². The Hall–Kier alpha value is -1.14. The maximum atomic E-state index is 12.0. The van der Waals surface area contributed by atoms with Crippen LogP contribution in [0.1, 0.15) is 32.8 Å². The van der Waals surface area contributed by atoms with Gasteiger partial charge in [-0.2, -0.15) is 0 Å². The van der Waals surface area contributed by atoms with Gasteiger partial charge in [0.15, 0.2) is 0 Å². The van der Waals surface area contributed by atoms with Crippen LogP contribution in [0, 0.1) is 5.92 Å². The monoisotopic (exact) mass is 344 g/mol. The molecule has 0 saturated heterocycles. The van der Waals surface area contributed by atoms with Gasteiger partial charge in [-0.3, -0.25) is 4.79 Å². The molecule has 0 aliphatic heterocycles. The Balaban J connectivity index is 0.00000484. The molecule has 0 radical (unpaired) electrons. The summed E-state index contributed by atoms with van der Waals surface area (Å²) < 4.78 is 10.7. The fourth-order valence-corrected chi connectivity index (χ4v) is 2.04. The molecule has 0 bridgehead atoms. The highest BCUT2D eigenvalue weighted by atomic mass is 35.5. The van der Waals surface area contributed by atoms with E-state index in [1.54, 1.807) is 0 Å². The van der Waals surface area contributed by atoms with Crippen molar-refractivity contribution in [2.75, 3.05) is 25.1 Å². The van der Waals surface area contributed by atoms with Crippen LogP contribution in [0.25, 0.3) is 0 Å². The van der Waals surface area contributed by atoms with Crippen molar-refractivity contribution >= 4 is 24.0 Å². The number of rotatable bonds is 10. The molecule has 1 atom stereocenters. The molecular formula is C17H29ClN2O3. The lowest BCUT2D eigenvalue weighted by molar-refractivity contribution is -0.117.